The molecular formula is C18H22N2O5. The van der Waals surface area contributed by atoms with Crippen molar-refractivity contribution < 1.29 is 23.9 Å². The zero-order valence-corrected chi connectivity index (χ0v) is 14.4. The van der Waals surface area contributed by atoms with Crippen LogP contribution in [0.1, 0.15) is 18.4 Å². The number of anilines is 1. The fraction of sp³-hybridized carbons (Fsp3) is 0.389. The van der Waals surface area contributed by atoms with Crippen LogP contribution in [-0.2, 0) is 30.3 Å². The standard InChI is InChI=1S/C18H22N2O5/c1-24-17(22)12-15(18(23)25-2)19-14-7-5-13(6-8-14)11-16(21)20-9-3-4-10-20/h5-8,12,19H,3-4,9-11H2,1-2H3/b15-12+. The minimum Gasteiger partial charge on any atom is -0.466 e. The van der Waals surface area contributed by atoms with Gasteiger partial charge < -0.3 is 19.7 Å². The molecule has 0 saturated carbocycles. The van der Waals surface area contributed by atoms with Gasteiger partial charge in [-0.2, -0.15) is 0 Å². The Hall–Kier alpha value is -2.83. The Morgan fingerprint density at radius 3 is 2.28 bits per heavy atom. The Labute approximate surface area is 146 Å². The number of hydrogen-bond donors (Lipinski definition) is 1. The van der Waals surface area contributed by atoms with E-state index < -0.39 is 11.9 Å². The van der Waals surface area contributed by atoms with E-state index in [-0.39, 0.29) is 11.6 Å². The van der Waals surface area contributed by atoms with Crippen LogP contribution in [0, 0.1) is 0 Å². The number of hydrogen-bond acceptors (Lipinski definition) is 6. The third-order valence-corrected chi connectivity index (χ3v) is 3.92. The van der Waals surface area contributed by atoms with E-state index in [1.165, 1.54) is 14.2 Å². The third kappa shape index (κ3) is 5.34. The number of methoxy groups -OCH3 is 2. The molecule has 1 aromatic rings. The van der Waals surface area contributed by atoms with Crippen molar-refractivity contribution in [3.8, 4) is 0 Å². The number of benzene rings is 1. The molecule has 1 fully saturated rings. The van der Waals surface area contributed by atoms with Crippen molar-refractivity contribution in [2.75, 3.05) is 32.6 Å². The molecule has 0 unspecified atom stereocenters. The lowest BCUT2D eigenvalue weighted by Crippen LogP contribution is -2.29. The zero-order chi connectivity index (χ0) is 18.2. The highest BCUT2D eigenvalue weighted by Crippen LogP contribution is 2.15. The van der Waals surface area contributed by atoms with E-state index in [0.717, 1.165) is 37.6 Å². The molecule has 1 aliphatic rings. The van der Waals surface area contributed by atoms with Crippen LogP contribution in [0.2, 0.25) is 0 Å². The number of rotatable bonds is 6. The van der Waals surface area contributed by atoms with E-state index >= 15 is 0 Å². The van der Waals surface area contributed by atoms with Crippen LogP contribution in [0.15, 0.2) is 36.0 Å². The summed E-state index contributed by atoms with van der Waals surface area (Å²) in [5.41, 5.74) is 1.45. The first-order valence-corrected chi connectivity index (χ1v) is 8.05. The number of ether oxygens (including phenoxy) is 2. The lowest BCUT2D eigenvalue weighted by Gasteiger charge is -2.15. The molecule has 134 valence electrons. The van der Waals surface area contributed by atoms with E-state index in [9.17, 15) is 14.4 Å². The molecule has 1 saturated heterocycles. The lowest BCUT2D eigenvalue weighted by atomic mass is 10.1. The van der Waals surface area contributed by atoms with Gasteiger partial charge in [-0.05, 0) is 30.5 Å². The van der Waals surface area contributed by atoms with Gasteiger partial charge in [-0.3, -0.25) is 4.79 Å². The monoisotopic (exact) mass is 346 g/mol. The quantitative estimate of drug-likeness (QED) is 0.621. The minimum absolute atomic E-state index is 0.0322. The molecule has 1 aromatic carbocycles. The number of carbonyl (C=O) groups is 3. The molecule has 0 aromatic heterocycles. The molecule has 7 heteroatoms. The summed E-state index contributed by atoms with van der Waals surface area (Å²) in [6.45, 7) is 1.67. The Morgan fingerprint density at radius 2 is 1.72 bits per heavy atom. The van der Waals surface area contributed by atoms with Crippen LogP contribution >= 0.6 is 0 Å². The fourth-order valence-corrected chi connectivity index (χ4v) is 2.55. The molecular weight excluding hydrogens is 324 g/mol. The van der Waals surface area contributed by atoms with Gasteiger partial charge in [0.2, 0.25) is 5.91 Å². The van der Waals surface area contributed by atoms with Crippen molar-refractivity contribution in [2.24, 2.45) is 0 Å². The highest BCUT2D eigenvalue weighted by atomic mass is 16.5. The lowest BCUT2D eigenvalue weighted by molar-refractivity contribution is -0.138. The Kier molecular flexibility index (Phi) is 6.56. The average molecular weight is 346 g/mol. The molecule has 1 aliphatic heterocycles. The van der Waals surface area contributed by atoms with E-state index in [1.807, 2.05) is 17.0 Å². The molecule has 1 amide bonds. The Morgan fingerprint density at radius 1 is 1.08 bits per heavy atom. The summed E-state index contributed by atoms with van der Waals surface area (Å²) >= 11 is 0. The first kappa shape index (κ1) is 18.5. The fourth-order valence-electron chi connectivity index (χ4n) is 2.55. The number of amides is 1. The molecule has 0 spiro atoms. The molecule has 0 bridgehead atoms. The number of nitrogens with zero attached hydrogens (tertiary/aromatic N) is 1. The van der Waals surface area contributed by atoms with Crippen molar-refractivity contribution in [2.45, 2.75) is 19.3 Å². The van der Waals surface area contributed by atoms with E-state index in [1.54, 1.807) is 12.1 Å². The van der Waals surface area contributed by atoms with E-state index in [4.69, 9.17) is 0 Å². The smallest absolute Gasteiger partial charge is 0.354 e. The van der Waals surface area contributed by atoms with Crippen LogP contribution in [-0.4, -0.2) is 50.1 Å². The van der Waals surface area contributed by atoms with Gasteiger partial charge in [0.25, 0.3) is 0 Å². The van der Waals surface area contributed by atoms with E-state index in [2.05, 4.69) is 14.8 Å². The first-order chi connectivity index (χ1) is 12.0. The summed E-state index contributed by atoms with van der Waals surface area (Å²) < 4.78 is 9.16. The van der Waals surface area contributed by atoms with E-state index in [0.29, 0.717) is 12.1 Å². The highest BCUT2D eigenvalue weighted by molar-refractivity contribution is 5.98. The molecule has 25 heavy (non-hydrogen) atoms. The summed E-state index contributed by atoms with van der Waals surface area (Å²) in [7, 11) is 2.45. The van der Waals surface area contributed by atoms with Crippen LogP contribution in [0.4, 0.5) is 5.69 Å². The number of esters is 2. The topological polar surface area (TPSA) is 84.9 Å². The highest BCUT2D eigenvalue weighted by Gasteiger charge is 2.18. The SMILES string of the molecule is COC(=O)/C=C(/Nc1ccc(CC(=O)N2CCCC2)cc1)C(=O)OC. The maximum atomic E-state index is 12.1. The maximum absolute atomic E-state index is 12.1. The Bertz CT molecular complexity index is 661. The normalized spacial score (nSPS) is 14.2. The second-order valence-corrected chi connectivity index (χ2v) is 5.66. The van der Waals surface area contributed by atoms with Crippen LogP contribution in [0.3, 0.4) is 0 Å². The second kappa shape index (κ2) is 8.86. The predicted molar refractivity (Wildman–Crippen MR) is 91.7 cm³/mol. The van der Waals surface area contributed by atoms with Gasteiger partial charge in [0, 0.05) is 18.8 Å². The van der Waals surface area contributed by atoms with Gasteiger partial charge >= 0.3 is 11.9 Å². The summed E-state index contributed by atoms with van der Waals surface area (Å²) in [5.74, 6) is -1.22. The number of nitrogens with one attached hydrogen (secondary N) is 1. The summed E-state index contributed by atoms with van der Waals surface area (Å²) in [5, 5.41) is 2.82. The van der Waals surface area contributed by atoms with Crippen molar-refractivity contribution in [3.05, 3.63) is 41.6 Å². The largest absolute Gasteiger partial charge is 0.466 e. The van der Waals surface area contributed by atoms with Gasteiger partial charge in [0.05, 0.1) is 26.7 Å². The average Bonchev–Trinajstić information content (AvgIpc) is 3.16. The van der Waals surface area contributed by atoms with Gasteiger partial charge in [0.1, 0.15) is 5.70 Å². The maximum Gasteiger partial charge on any atom is 0.354 e. The number of likely N-dealkylation sites (tertiary alicyclic amines) is 1. The van der Waals surface area contributed by atoms with Crippen LogP contribution < -0.4 is 5.32 Å². The van der Waals surface area contributed by atoms with Crippen molar-refractivity contribution >= 4 is 23.5 Å². The van der Waals surface area contributed by atoms with Crippen molar-refractivity contribution in [1.82, 2.24) is 4.90 Å². The van der Waals surface area contributed by atoms with Gasteiger partial charge in [0.15, 0.2) is 0 Å². The van der Waals surface area contributed by atoms with Gasteiger partial charge in [-0.25, -0.2) is 9.59 Å². The van der Waals surface area contributed by atoms with Gasteiger partial charge in [-0.15, -0.1) is 0 Å². The summed E-state index contributed by atoms with van der Waals surface area (Å²) in [6.07, 6.45) is 3.51. The van der Waals surface area contributed by atoms with Gasteiger partial charge in [-0.1, -0.05) is 12.1 Å². The second-order valence-electron chi connectivity index (χ2n) is 5.66. The summed E-state index contributed by atoms with van der Waals surface area (Å²) in [4.78, 5) is 37.1. The molecule has 1 N–H and O–H groups in total. The van der Waals surface area contributed by atoms with Crippen molar-refractivity contribution in [3.63, 3.8) is 0 Å². The summed E-state index contributed by atoms with van der Waals surface area (Å²) in [6, 6.07) is 7.09. The molecule has 0 atom stereocenters. The van der Waals surface area contributed by atoms with Crippen LogP contribution in [0.5, 0.6) is 0 Å². The minimum atomic E-state index is -0.682. The first-order valence-electron chi connectivity index (χ1n) is 8.05. The molecule has 1 heterocycles. The molecule has 2 rings (SSSR count). The van der Waals surface area contributed by atoms with Crippen LogP contribution in [0.25, 0.3) is 0 Å². The Balaban J connectivity index is 2.02. The molecule has 0 radical (unpaired) electrons. The predicted octanol–water partition coefficient (Wildman–Crippen LogP) is 1.49. The number of carbonyl (C=O) groups excluding carboxylic acids is 3. The molecule has 7 nitrogen and oxygen atoms in total. The third-order valence-electron chi connectivity index (χ3n) is 3.92. The zero-order valence-electron chi connectivity index (χ0n) is 14.4. The molecule has 0 aliphatic carbocycles. The van der Waals surface area contributed by atoms with Crippen molar-refractivity contribution in [1.29, 1.82) is 0 Å².